The largest absolute Gasteiger partial charge is 0.385 e. The standard InChI is InChI=1S/C16H24N2O4S/c1-13-6-7-14(23(20,21)18-9-3-4-10-18)12-15(13)16(19)17-8-5-11-22-2/h6-7,12H,3-5,8-11H2,1-2H3,(H,17,19). The molecule has 0 spiro atoms. The maximum Gasteiger partial charge on any atom is 0.251 e. The van der Waals surface area contributed by atoms with E-state index in [-0.39, 0.29) is 10.8 Å². The van der Waals surface area contributed by atoms with Crippen LogP contribution in [0.25, 0.3) is 0 Å². The molecule has 1 fully saturated rings. The number of amides is 1. The monoisotopic (exact) mass is 340 g/mol. The van der Waals surface area contributed by atoms with Crippen molar-refractivity contribution in [1.82, 2.24) is 9.62 Å². The van der Waals surface area contributed by atoms with Crippen molar-refractivity contribution >= 4 is 15.9 Å². The van der Waals surface area contributed by atoms with Gasteiger partial charge in [-0.1, -0.05) is 6.07 Å². The maximum absolute atomic E-state index is 12.6. The Morgan fingerprint density at radius 2 is 2.00 bits per heavy atom. The van der Waals surface area contributed by atoms with Gasteiger partial charge in [0.25, 0.3) is 5.91 Å². The van der Waals surface area contributed by atoms with Crippen molar-refractivity contribution < 1.29 is 17.9 Å². The number of benzene rings is 1. The predicted octanol–water partition coefficient (Wildman–Crippen LogP) is 1.55. The van der Waals surface area contributed by atoms with Gasteiger partial charge in [0.05, 0.1) is 4.90 Å². The normalized spacial score (nSPS) is 15.7. The fraction of sp³-hybridized carbons (Fsp3) is 0.562. The fourth-order valence-electron chi connectivity index (χ4n) is 2.60. The summed E-state index contributed by atoms with van der Waals surface area (Å²) in [6, 6.07) is 4.74. The zero-order chi connectivity index (χ0) is 16.9. The number of aryl methyl sites for hydroxylation is 1. The number of hydrogen-bond donors (Lipinski definition) is 1. The van der Waals surface area contributed by atoms with Gasteiger partial charge in [-0.15, -0.1) is 0 Å². The predicted molar refractivity (Wildman–Crippen MR) is 88.0 cm³/mol. The van der Waals surface area contributed by atoms with Crippen LogP contribution in [0.3, 0.4) is 0 Å². The van der Waals surface area contributed by atoms with Gasteiger partial charge in [-0.05, 0) is 43.9 Å². The van der Waals surface area contributed by atoms with Gasteiger partial charge in [-0.25, -0.2) is 8.42 Å². The highest BCUT2D eigenvalue weighted by atomic mass is 32.2. The Morgan fingerprint density at radius 3 is 2.65 bits per heavy atom. The highest BCUT2D eigenvalue weighted by Gasteiger charge is 2.28. The molecule has 1 aromatic carbocycles. The molecule has 1 saturated heterocycles. The Kier molecular flexibility index (Phi) is 6.15. The second-order valence-corrected chi connectivity index (χ2v) is 7.63. The highest BCUT2D eigenvalue weighted by molar-refractivity contribution is 7.89. The number of carbonyl (C=O) groups excluding carboxylic acids is 1. The minimum absolute atomic E-state index is 0.187. The molecule has 1 heterocycles. The van der Waals surface area contributed by atoms with Crippen LogP contribution in [0, 0.1) is 6.92 Å². The summed E-state index contributed by atoms with van der Waals surface area (Å²) < 4.78 is 31.6. The van der Waals surface area contributed by atoms with Gasteiger partial charge in [-0.2, -0.15) is 4.31 Å². The van der Waals surface area contributed by atoms with Crippen LogP contribution in [-0.2, 0) is 14.8 Å². The van der Waals surface area contributed by atoms with E-state index >= 15 is 0 Å². The van der Waals surface area contributed by atoms with Crippen LogP contribution in [0.1, 0.15) is 35.2 Å². The lowest BCUT2D eigenvalue weighted by atomic mass is 10.1. The Hall–Kier alpha value is -1.44. The van der Waals surface area contributed by atoms with Crippen LogP contribution in [-0.4, -0.2) is 52.0 Å². The van der Waals surface area contributed by atoms with Crippen LogP contribution in [0.2, 0.25) is 0 Å². The molecule has 7 heteroatoms. The number of nitrogens with one attached hydrogen (secondary N) is 1. The van der Waals surface area contributed by atoms with Crippen LogP contribution >= 0.6 is 0 Å². The second kappa shape index (κ2) is 7.90. The summed E-state index contributed by atoms with van der Waals surface area (Å²) in [5.74, 6) is -0.253. The Balaban J connectivity index is 2.16. The number of ether oxygens (including phenoxy) is 1. The van der Waals surface area contributed by atoms with E-state index in [0.29, 0.717) is 38.2 Å². The van der Waals surface area contributed by atoms with Crippen molar-refractivity contribution in [1.29, 1.82) is 0 Å². The van der Waals surface area contributed by atoms with Gasteiger partial charge in [0.2, 0.25) is 10.0 Å². The number of rotatable bonds is 7. The maximum atomic E-state index is 12.6. The molecule has 0 radical (unpaired) electrons. The molecule has 0 bridgehead atoms. The number of sulfonamides is 1. The molecule has 6 nitrogen and oxygen atoms in total. The average Bonchev–Trinajstić information content (AvgIpc) is 3.07. The summed E-state index contributed by atoms with van der Waals surface area (Å²) >= 11 is 0. The van der Waals surface area contributed by atoms with Crippen molar-refractivity contribution in [3.05, 3.63) is 29.3 Å². The van der Waals surface area contributed by atoms with E-state index < -0.39 is 10.0 Å². The van der Waals surface area contributed by atoms with E-state index in [2.05, 4.69) is 5.32 Å². The number of hydrogen-bond acceptors (Lipinski definition) is 4. The first kappa shape index (κ1) is 17.9. The van der Waals surface area contributed by atoms with Gasteiger partial charge >= 0.3 is 0 Å². The molecule has 128 valence electrons. The van der Waals surface area contributed by atoms with E-state index in [4.69, 9.17) is 4.74 Å². The molecule has 23 heavy (non-hydrogen) atoms. The van der Waals surface area contributed by atoms with Crippen LogP contribution in [0.15, 0.2) is 23.1 Å². The topological polar surface area (TPSA) is 75.7 Å². The number of nitrogens with zero attached hydrogens (tertiary/aromatic N) is 1. The molecule has 1 aromatic rings. The Bertz CT molecular complexity index is 652. The van der Waals surface area contributed by atoms with Gasteiger partial charge < -0.3 is 10.1 Å². The number of methoxy groups -OCH3 is 1. The van der Waals surface area contributed by atoms with E-state index in [9.17, 15) is 13.2 Å². The van der Waals surface area contributed by atoms with Crippen molar-refractivity contribution in [2.45, 2.75) is 31.1 Å². The molecule has 0 atom stereocenters. The first-order valence-corrected chi connectivity index (χ1v) is 9.29. The van der Waals surface area contributed by atoms with E-state index in [1.165, 1.54) is 10.4 Å². The van der Waals surface area contributed by atoms with Crippen LogP contribution < -0.4 is 5.32 Å². The van der Waals surface area contributed by atoms with Crippen molar-refractivity contribution in [3.63, 3.8) is 0 Å². The number of carbonyl (C=O) groups is 1. The molecule has 2 rings (SSSR count). The molecular formula is C16H24N2O4S. The first-order valence-electron chi connectivity index (χ1n) is 7.85. The summed E-state index contributed by atoms with van der Waals surface area (Å²) in [7, 11) is -1.90. The summed E-state index contributed by atoms with van der Waals surface area (Å²) in [6.07, 6.45) is 2.49. The van der Waals surface area contributed by atoms with Gasteiger partial charge in [0.15, 0.2) is 0 Å². The third kappa shape index (κ3) is 4.31. The summed E-state index contributed by atoms with van der Waals surface area (Å²) in [5, 5.41) is 2.80. The average molecular weight is 340 g/mol. The molecule has 0 aliphatic carbocycles. The molecule has 1 amide bonds. The van der Waals surface area contributed by atoms with Crippen molar-refractivity contribution in [3.8, 4) is 0 Å². The van der Waals surface area contributed by atoms with E-state index in [1.54, 1.807) is 26.2 Å². The minimum Gasteiger partial charge on any atom is -0.385 e. The van der Waals surface area contributed by atoms with E-state index in [0.717, 1.165) is 18.4 Å². The SMILES string of the molecule is COCCCNC(=O)c1cc(S(=O)(=O)N2CCCC2)ccc1C. The third-order valence-corrected chi connectivity index (χ3v) is 5.86. The molecule has 0 saturated carbocycles. The lowest BCUT2D eigenvalue weighted by molar-refractivity contribution is 0.0948. The third-order valence-electron chi connectivity index (χ3n) is 3.97. The molecular weight excluding hydrogens is 316 g/mol. The molecule has 0 unspecified atom stereocenters. The molecule has 1 N–H and O–H groups in total. The quantitative estimate of drug-likeness (QED) is 0.764. The van der Waals surface area contributed by atoms with Crippen molar-refractivity contribution in [2.24, 2.45) is 0 Å². The lowest BCUT2D eigenvalue weighted by Gasteiger charge is -2.16. The smallest absolute Gasteiger partial charge is 0.251 e. The zero-order valence-electron chi connectivity index (χ0n) is 13.7. The molecule has 1 aliphatic heterocycles. The minimum atomic E-state index is -3.51. The summed E-state index contributed by atoms with van der Waals surface area (Å²) in [6.45, 7) is 3.97. The molecule has 1 aliphatic rings. The Labute approximate surface area is 137 Å². The zero-order valence-corrected chi connectivity index (χ0v) is 14.5. The van der Waals surface area contributed by atoms with Crippen LogP contribution in [0.4, 0.5) is 0 Å². The molecule has 0 aromatic heterocycles. The lowest BCUT2D eigenvalue weighted by Crippen LogP contribution is -2.29. The van der Waals surface area contributed by atoms with Crippen LogP contribution in [0.5, 0.6) is 0 Å². The summed E-state index contributed by atoms with van der Waals surface area (Å²) in [4.78, 5) is 12.5. The highest BCUT2D eigenvalue weighted by Crippen LogP contribution is 2.23. The van der Waals surface area contributed by atoms with Gasteiger partial charge in [0.1, 0.15) is 0 Å². The van der Waals surface area contributed by atoms with Crippen molar-refractivity contribution in [2.75, 3.05) is 33.4 Å². The van der Waals surface area contributed by atoms with Gasteiger partial charge in [-0.3, -0.25) is 4.79 Å². The second-order valence-electron chi connectivity index (χ2n) is 5.69. The van der Waals surface area contributed by atoms with E-state index in [1.807, 2.05) is 0 Å². The Morgan fingerprint density at radius 1 is 1.30 bits per heavy atom. The van der Waals surface area contributed by atoms with Gasteiger partial charge in [0, 0.05) is 38.9 Å². The fourth-order valence-corrected chi connectivity index (χ4v) is 4.14. The first-order chi connectivity index (χ1) is 11.0. The summed E-state index contributed by atoms with van der Waals surface area (Å²) in [5.41, 5.74) is 1.16.